The van der Waals surface area contributed by atoms with Crippen molar-refractivity contribution in [2.24, 2.45) is 0 Å². The second-order valence-corrected chi connectivity index (χ2v) is 3.87. The Bertz CT molecular complexity index is 636. The molecule has 0 aliphatic rings. The topological polar surface area (TPSA) is 45.0 Å². The zero-order chi connectivity index (χ0) is 14.5. The highest BCUT2D eigenvalue weighted by Gasteiger charge is 2.04. The maximum atomic E-state index is 13.2. The number of nitrogens with one attached hydrogen (secondary N) is 1. The van der Waals surface area contributed by atoms with Gasteiger partial charge < -0.3 is 10.1 Å². The van der Waals surface area contributed by atoms with Gasteiger partial charge in [0.15, 0.2) is 0 Å². The van der Waals surface area contributed by atoms with Crippen LogP contribution in [0.15, 0.2) is 42.5 Å². The number of nitriles is 1. The summed E-state index contributed by atoms with van der Waals surface area (Å²) < 4.78 is 41.4. The first-order chi connectivity index (χ1) is 9.56. The zero-order valence-corrected chi connectivity index (χ0v) is 10.1. The number of alkyl halides is 2. The van der Waals surface area contributed by atoms with Gasteiger partial charge in [-0.15, -0.1) is 0 Å². The first-order valence-corrected chi connectivity index (χ1v) is 5.59. The highest BCUT2D eigenvalue weighted by Crippen LogP contribution is 2.22. The summed E-state index contributed by atoms with van der Waals surface area (Å²) in [6, 6.07) is 11.4. The van der Waals surface area contributed by atoms with Crippen molar-refractivity contribution >= 4 is 11.4 Å². The summed E-state index contributed by atoms with van der Waals surface area (Å²) >= 11 is 0. The molecule has 0 radical (unpaired) electrons. The Kier molecular flexibility index (Phi) is 4.11. The van der Waals surface area contributed by atoms with E-state index in [9.17, 15) is 13.2 Å². The number of rotatable bonds is 4. The lowest BCUT2D eigenvalue weighted by Crippen LogP contribution is -2.01. The van der Waals surface area contributed by atoms with Crippen LogP contribution in [0.1, 0.15) is 5.56 Å². The average molecular weight is 278 g/mol. The first kappa shape index (κ1) is 13.7. The van der Waals surface area contributed by atoms with Crippen molar-refractivity contribution in [2.45, 2.75) is 6.61 Å². The standard InChI is InChI=1S/C14H9F3N2O/c15-10-5-9(8-18)6-12(7-10)19-11-1-3-13(4-2-11)20-14(16)17/h1-7,14,19H. The molecule has 2 aromatic carbocycles. The summed E-state index contributed by atoms with van der Waals surface area (Å²) in [7, 11) is 0. The quantitative estimate of drug-likeness (QED) is 0.917. The Hall–Kier alpha value is -2.68. The van der Waals surface area contributed by atoms with Crippen molar-refractivity contribution in [1.82, 2.24) is 0 Å². The molecule has 2 rings (SSSR count). The van der Waals surface area contributed by atoms with Crippen LogP contribution in [0.4, 0.5) is 24.5 Å². The Labute approximate surface area is 113 Å². The predicted octanol–water partition coefficient (Wildman–Crippen LogP) is 4.04. The van der Waals surface area contributed by atoms with Gasteiger partial charge in [-0.25, -0.2) is 4.39 Å². The van der Waals surface area contributed by atoms with Gasteiger partial charge in [-0.1, -0.05) is 0 Å². The molecular formula is C14H9F3N2O. The first-order valence-electron chi connectivity index (χ1n) is 5.59. The smallest absolute Gasteiger partial charge is 0.387 e. The summed E-state index contributed by atoms with van der Waals surface area (Å²) in [4.78, 5) is 0. The number of ether oxygens (including phenoxy) is 1. The van der Waals surface area contributed by atoms with Crippen molar-refractivity contribution < 1.29 is 17.9 Å². The lowest BCUT2D eigenvalue weighted by molar-refractivity contribution is -0.0498. The van der Waals surface area contributed by atoms with E-state index in [0.29, 0.717) is 11.4 Å². The summed E-state index contributed by atoms with van der Waals surface area (Å²) in [6.45, 7) is -2.88. The van der Waals surface area contributed by atoms with Crippen LogP contribution in [0.2, 0.25) is 0 Å². The van der Waals surface area contributed by atoms with Crippen molar-refractivity contribution in [3.8, 4) is 11.8 Å². The molecule has 3 nitrogen and oxygen atoms in total. The van der Waals surface area contributed by atoms with Gasteiger partial charge in [0.2, 0.25) is 0 Å². The van der Waals surface area contributed by atoms with Crippen LogP contribution in [-0.4, -0.2) is 6.61 Å². The molecule has 0 amide bonds. The third kappa shape index (κ3) is 3.65. The second kappa shape index (κ2) is 5.97. The van der Waals surface area contributed by atoms with E-state index in [-0.39, 0.29) is 11.3 Å². The number of hydrogen-bond donors (Lipinski definition) is 1. The molecule has 20 heavy (non-hydrogen) atoms. The number of anilines is 2. The van der Waals surface area contributed by atoms with E-state index >= 15 is 0 Å². The fourth-order valence-electron chi connectivity index (χ4n) is 1.61. The Balaban J connectivity index is 2.14. The molecule has 0 unspecified atom stereocenters. The van der Waals surface area contributed by atoms with Crippen molar-refractivity contribution in [1.29, 1.82) is 5.26 Å². The Morgan fingerprint density at radius 1 is 1.05 bits per heavy atom. The van der Waals surface area contributed by atoms with Crippen LogP contribution in [-0.2, 0) is 0 Å². The maximum Gasteiger partial charge on any atom is 0.387 e. The SMILES string of the molecule is N#Cc1cc(F)cc(Nc2ccc(OC(F)F)cc2)c1. The molecule has 0 aliphatic heterocycles. The van der Waals surface area contributed by atoms with E-state index in [0.717, 1.165) is 6.07 Å². The number of halogens is 3. The van der Waals surface area contributed by atoms with Crippen molar-refractivity contribution in [3.05, 3.63) is 53.8 Å². The van der Waals surface area contributed by atoms with Crippen LogP contribution in [0.3, 0.4) is 0 Å². The van der Waals surface area contributed by atoms with Gasteiger partial charge >= 0.3 is 6.61 Å². The molecule has 0 bridgehead atoms. The molecule has 0 fully saturated rings. The predicted molar refractivity (Wildman–Crippen MR) is 67.5 cm³/mol. The summed E-state index contributed by atoms with van der Waals surface area (Å²) in [5.41, 5.74) is 1.13. The minimum atomic E-state index is -2.88. The van der Waals surface area contributed by atoms with Gasteiger partial charge in [-0.05, 0) is 42.5 Å². The molecule has 0 aliphatic carbocycles. The van der Waals surface area contributed by atoms with Gasteiger partial charge in [0, 0.05) is 11.4 Å². The maximum absolute atomic E-state index is 13.2. The minimum absolute atomic E-state index is 0.0301. The lowest BCUT2D eigenvalue weighted by Gasteiger charge is -2.09. The van der Waals surface area contributed by atoms with E-state index < -0.39 is 12.4 Å². The van der Waals surface area contributed by atoms with Crippen LogP contribution >= 0.6 is 0 Å². The Morgan fingerprint density at radius 3 is 2.35 bits per heavy atom. The van der Waals surface area contributed by atoms with Gasteiger partial charge in [-0.2, -0.15) is 14.0 Å². The molecular weight excluding hydrogens is 269 g/mol. The fourth-order valence-corrected chi connectivity index (χ4v) is 1.61. The number of hydrogen-bond acceptors (Lipinski definition) is 3. The molecule has 0 atom stereocenters. The molecule has 2 aromatic rings. The van der Waals surface area contributed by atoms with Gasteiger partial charge in [-0.3, -0.25) is 0 Å². The minimum Gasteiger partial charge on any atom is -0.435 e. The summed E-state index contributed by atoms with van der Waals surface area (Å²) in [5, 5.41) is 11.6. The molecule has 0 heterocycles. The third-order valence-electron chi connectivity index (χ3n) is 2.40. The van der Waals surface area contributed by atoms with E-state index in [1.165, 1.54) is 36.4 Å². The van der Waals surface area contributed by atoms with Crippen molar-refractivity contribution in [3.63, 3.8) is 0 Å². The largest absolute Gasteiger partial charge is 0.435 e. The van der Waals surface area contributed by atoms with Gasteiger partial charge in [0.25, 0.3) is 0 Å². The Morgan fingerprint density at radius 2 is 1.75 bits per heavy atom. The summed E-state index contributed by atoms with van der Waals surface area (Å²) in [5.74, 6) is -0.508. The second-order valence-electron chi connectivity index (χ2n) is 3.87. The molecule has 102 valence electrons. The highest BCUT2D eigenvalue weighted by atomic mass is 19.3. The third-order valence-corrected chi connectivity index (χ3v) is 2.40. The molecule has 0 saturated heterocycles. The van der Waals surface area contributed by atoms with Crippen LogP contribution in [0.5, 0.6) is 5.75 Å². The molecule has 0 aromatic heterocycles. The number of benzene rings is 2. The van der Waals surface area contributed by atoms with Crippen molar-refractivity contribution in [2.75, 3.05) is 5.32 Å². The van der Waals surface area contributed by atoms with Gasteiger partial charge in [0.1, 0.15) is 11.6 Å². The molecule has 1 N–H and O–H groups in total. The molecule has 0 saturated carbocycles. The highest BCUT2D eigenvalue weighted by molar-refractivity contribution is 5.62. The van der Waals surface area contributed by atoms with Crippen LogP contribution in [0.25, 0.3) is 0 Å². The van der Waals surface area contributed by atoms with E-state index in [1.807, 2.05) is 6.07 Å². The number of nitrogens with zero attached hydrogens (tertiary/aromatic N) is 1. The summed E-state index contributed by atoms with van der Waals surface area (Å²) in [6.07, 6.45) is 0. The van der Waals surface area contributed by atoms with Crippen LogP contribution < -0.4 is 10.1 Å². The van der Waals surface area contributed by atoms with E-state index in [4.69, 9.17) is 5.26 Å². The average Bonchev–Trinajstić information content (AvgIpc) is 2.39. The van der Waals surface area contributed by atoms with Crippen LogP contribution in [0, 0.1) is 17.1 Å². The van der Waals surface area contributed by atoms with Gasteiger partial charge in [0.05, 0.1) is 11.6 Å². The zero-order valence-electron chi connectivity index (χ0n) is 10.1. The molecule has 6 heteroatoms. The molecule has 0 spiro atoms. The van der Waals surface area contributed by atoms with E-state index in [1.54, 1.807) is 0 Å². The monoisotopic (exact) mass is 278 g/mol. The normalized spacial score (nSPS) is 10.2. The van der Waals surface area contributed by atoms with E-state index in [2.05, 4.69) is 10.1 Å². The lowest BCUT2D eigenvalue weighted by atomic mass is 10.2. The fraction of sp³-hybridized carbons (Fsp3) is 0.0714.